The van der Waals surface area contributed by atoms with Crippen molar-refractivity contribution in [2.45, 2.75) is 18.9 Å². The molecule has 0 radical (unpaired) electrons. The summed E-state index contributed by atoms with van der Waals surface area (Å²) in [6.45, 7) is 0.676. The second-order valence-corrected chi connectivity index (χ2v) is 3.67. The summed E-state index contributed by atoms with van der Waals surface area (Å²) in [6.07, 6.45) is 3.07. The fraction of sp³-hybridized carbons (Fsp3) is 0.455. The van der Waals surface area contributed by atoms with Gasteiger partial charge in [-0.25, -0.2) is 4.98 Å². The van der Waals surface area contributed by atoms with Crippen molar-refractivity contribution in [3.8, 4) is 0 Å². The highest BCUT2D eigenvalue weighted by atomic mass is 16.5. The smallest absolute Gasteiger partial charge is 0.253 e. The molecule has 1 aromatic rings. The predicted octanol–water partition coefficient (Wildman–Crippen LogP) is 1.24. The average Bonchev–Trinajstić information content (AvgIpc) is 2.83. The van der Waals surface area contributed by atoms with E-state index in [0.29, 0.717) is 12.3 Å². The molecule has 16 heavy (non-hydrogen) atoms. The van der Waals surface area contributed by atoms with E-state index < -0.39 is 0 Å². The first-order valence-electron chi connectivity index (χ1n) is 5.36. The molecule has 2 N–H and O–H groups in total. The Hall–Kier alpha value is -1.62. The van der Waals surface area contributed by atoms with Crippen LogP contribution in [0.3, 0.4) is 0 Å². The third-order valence-corrected chi connectivity index (χ3v) is 2.51. The topological polar surface area (TPSA) is 63.2 Å². The van der Waals surface area contributed by atoms with Gasteiger partial charge < -0.3 is 15.4 Å². The highest BCUT2D eigenvalue weighted by molar-refractivity contribution is 5.94. The van der Waals surface area contributed by atoms with Gasteiger partial charge in [0.15, 0.2) is 0 Å². The van der Waals surface area contributed by atoms with Crippen molar-refractivity contribution in [1.82, 2.24) is 4.98 Å². The van der Waals surface area contributed by atoms with E-state index in [1.165, 1.54) is 0 Å². The van der Waals surface area contributed by atoms with E-state index in [1.54, 1.807) is 13.2 Å². The number of hydrogen-bond acceptors (Lipinski definition) is 4. The van der Waals surface area contributed by atoms with Gasteiger partial charge in [-0.05, 0) is 25.0 Å². The lowest BCUT2D eigenvalue weighted by Gasteiger charge is -2.10. The third kappa shape index (κ3) is 2.49. The van der Waals surface area contributed by atoms with Crippen molar-refractivity contribution in [3.63, 3.8) is 0 Å². The molecule has 1 atom stereocenters. The molecular weight excluding hydrogens is 206 g/mol. The van der Waals surface area contributed by atoms with E-state index in [1.807, 2.05) is 12.1 Å². The summed E-state index contributed by atoms with van der Waals surface area (Å²) in [7, 11) is 1.80. The first kappa shape index (κ1) is 10.9. The van der Waals surface area contributed by atoms with Gasteiger partial charge >= 0.3 is 0 Å². The number of ether oxygens (including phenoxy) is 1. The summed E-state index contributed by atoms with van der Waals surface area (Å²) >= 11 is 0. The van der Waals surface area contributed by atoms with E-state index in [0.717, 1.165) is 18.7 Å². The molecule has 0 saturated carbocycles. The lowest BCUT2D eigenvalue weighted by Crippen LogP contribution is -2.26. The molecule has 1 aliphatic heterocycles. The minimum atomic E-state index is -0.302. The zero-order valence-corrected chi connectivity index (χ0v) is 9.19. The molecule has 1 fully saturated rings. The van der Waals surface area contributed by atoms with Gasteiger partial charge in [-0.15, -0.1) is 0 Å². The molecule has 2 heterocycles. The second kappa shape index (κ2) is 4.94. The Morgan fingerprint density at radius 2 is 2.44 bits per heavy atom. The molecule has 0 aromatic carbocycles. The number of pyridine rings is 1. The summed E-state index contributed by atoms with van der Waals surface area (Å²) < 4.78 is 5.29. The zero-order chi connectivity index (χ0) is 11.4. The van der Waals surface area contributed by atoms with Crippen LogP contribution in [0.15, 0.2) is 18.3 Å². The summed E-state index contributed by atoms with van der Waals surface area (Å²) in [6, 6.07) is 3.62. The molecule has 0 aliphatic carbocycles. The van der Waals surface area contributed by atoms with Crippen LogP contribution in [0.25, 0.3) is 0 Å². The molecule has 86 valence electrons. The Balaban J connectivity index is 1.94. The molecule has 1 amide bonds. The van der Waals surface area contributed by atoms with Crippen molar-refractivity contribution in [1.29, 1.82) is 0 Å². The monoisotopic (exact) mass is 221 g/mol. The summed E-state index contributed by atoms with van der Waals surface area (Å²) in [4.78, 5) is 15.8. The summed E-state index contributed by atoms with van der Waals surface area (Å²) in [5.74, 6) is 0.687. The van der Waals surface area contributed by atoms with Crippen LogP contribution >= 0.6 is 0 Å². The number of rotatable bonds is 3. The molecule has 1 saturated heterocycles. The van der Waals surface area contributed by atoms with Crippen LogP contribution in [0.5, 0.6) is 0 Å². The Morgan fingerprint density at radius 1 is 1.56 bits per heavy atom. The molecule has 0 spiro atoms. The number of hydrogen-bond donors (Lipinski definition) is 2. The van der Waals surface area contributed by atoms with Gasteiger partial charge in [0.1, 0.15) is 11.9 Å². The van der Waals surface area contributed by atoms with Gasteiger partial charge in [0.2, 0.25) is 0 Å². The van der Waals surface area contributed by atoms with Crippen molar-refractivity contribution in [2.24, 2.45) is 0 Å². The molecule has 1 aromatic heterocycles. The van der Waals surface area contributed by atoms with Gasteiger partial charge in [0.25, 0.3) is 5.91 Å². The summed E-state index contributed by atoms with van der Waals surface area (Å²) in [5, 5.41) is 5.70. The maximum absolute atomic E-state index is 11.7. The summed E-state index contributed by atoms with van der Waals surface area (Å²) in [5.41, 5.74) is 0.694. The standard InChI is InChI=1S/C11H15N3O2/c1-12-10-5-4-8(7-13-10)14-11(15)9-3-2-6-16-9/h4-5,7,9H,2-3,6H2,1H3,(H,12,13)(H,14,15)/t9-/m0/s1. The lowest BCUT2D eigenvalue weighted by atomic mass is 10.2. The highest BCUT2D eigenvalue weighted by Crippen LogP contribution is 2.15. The SMILES string of the molecule is CNc1ccc(NC(=O)[C@@H]2CCCO2)cn1. The molecule has 2 rings (SSSR count). The van der Waals surface area contributed by atoms with Crippen LogP contribution in [0.1, 0.15) is 12.8 Å². The molecular formula is C11H15N3O2. The number of carbonyl (C=O) groups excluding carboxylic acids is 1. The van der Waals surface area contributed by atoms with Gasteiger partial charge in [0.05, 0.1) is 11.9 Å². The second-order valence-electron chi connectivity index (χ2n) is 3.67. The highest BCUT2D eigenvalue weighted by Gasteiger charge is 2.23. The molecule has 5 nitrogen and oxygen atoms in total. The van der Waals surface area contributed by atoms with E-state index in [2.05, 4.69) is 15.6 Å². The van der Waals surface area contributed by atoms with Crippen LogP contribution in [-0.4, -0.2) is 30.6 Å². The Morgan fingerprint density at radius 3 is 3.00 bits per heavy atom. The van der Waals surface area contributed by atoms with E-state index in [4.69, 9.17) is 4.74 Å². The van der Waals surface area contributed by atoms with Crippen LogP contribution in [-0.2, 0) is 9.53 Å². The maximum atomic E-state index is 11.7. The predicted molar refractivity (Wildman–Crippen MR) is 61.4 cm³/mol. The maximum Gasteiger partial charge on any atom is 0.253 e. The Bertz CT molecular complexity index is 358. The molecule has 0 bridgehead atoms. The number of carbonyl (C=O) groups is 1. The minimum absolute atomic E-state index is 0.0866. The van der Waals surface area contributed by atoms with Gasteiger partial charge in [0, 0.05) is 13.7 Å². The number of amides is 1. The normalized spacial score (nSPS) is 19.4. The van der Waals surface area contributed by atoms with Crippen molar-refractivity contribution >= 4 is 17.4 Å². The van der Waals surface area contributed by atoms with Crippen LogP contribution in [0.2, 0.25) is 0 Å². The van der Waals surface area contributed by atoms with Crippen molar-refractivity contribution in [2.75, 3.05) is 24.3 Å². The lowest BCUT2D eigenvalue weighted by molar-refractivity contribution is -0.124. The minimum Gasteiger partial charge on any atom is -0.373 e. The van der Waals surface area contributed by atoms with Gasteiger partial charge in [-0.2, -0.15) is 0 Å². The van der Waals surface area contributed by atoms with Gasteiger partial charge in [-0.3, -0.25) is 4.79 Å². The van der Waals surface area contributed by atoms with E-state index in [9.17, 15) is 4.79 Å². The van der Waals surface area contributed by atoms with E-state index in [-0.39, 0.29) is 12.0 Å². The first-order valence-corrected chi connectivity index (χ1v) is 5.36. The Labute approximate surface area is 94.2 Å². The number of aromatic nitrogens is 1. The number of anilines is 2. The van der Waals surface area contributed by atoms with E-state index >= 15 is 0 Å². The van der Waals surface area contributed by atoms with Crippen LogP contribution < -0.4 is 10.6 Å². The van der Waals surface area contributed by atoms with Gasteiger partial charge in [-0.1, -0.05) is 0 Å². The van der Waals surface area contributed by atoms with Crippen LogP contribution in [0.4, 0.5) is 11.5 Å². The number of nitrogens with zero attached hydrogens (tertiary/aromatic N) is 1. The third-order valence-electron chi connectivity index (χ3n) is 2.51. The van der Waals surface area contributed by atoms with Crippen molar-refractivity contribution < 1.29 is 9.53 Å². The Kier molecular flexibility index (Phi) is 3.36. The first-order chi connectivity index (χ1) is 7.79. The molecule has 0 unspecified atom stereocenters. The molecule has 5 heteroatoms. The van der Waals surface area contributed by atoms with Crippen molar-refractivity contribution in [3.05, 3.63) is 18.3 Å². The molecule has 1 aliphatic rings. The largest absolute Gasteiger partial charge is 0.373 e. The quantitative estimate of drug-likeness (QED) is 0.806. The fourth-order valence-corrected chi connectivity index (χ4v) is 1.62. The average molecular weight is 221 g/mol. The number of nitrogens with one attached hydrogen (secondary N) is 2. The van der Waals surface area contributed by atoms with Crippen LogP contribution in [0, 0.1) is 0 Å². The fourth-order valence-electron chi connectivity index (χ4n) is 1.62. The zero-order valence-electron chi connectivity index (χ0n) is 9.19.